The molecule has 1 aliphatic rings. The Balaban J connectivity index is 2.24. The molecule has 0 saturated heterocycles. The zero-order chi connectivity index (χ0) is 10.9. The lowest BCUT2D eigenvalue weighted by atomic mass is 9.75. The van der Waals surface area contributed by atoms with Crippen LogP contribution in [0, 0.1) is 0 Å². The molecule has 2 nitrogen and oxygen atoms in total. The molecule has 1 aromatic carbocycles. The second kappa shape index (κ2) is 3.78. The van der Waals surface area contributed by atoms with Crippen LogP contribution in [0.15, 0.2) is 30.3 Å². The summed E-state index contributed by atoms with van der Waals surface area (Å²) in [7, 11) is 0. The summed E-state index contributed by atoms with van der Waals surface area (Å²) < 4.78 is 0. The summed E-state index contributed by atoms with van der Waals surface area (Å²) in [4.78, 5) is 11.8. The quantitative estimate of drug-likeness (QED) is 0.762. The van der Waals surface area contributed by atoms with Crippen molar-refractivity contribution < 1.29 is 9.90 Å². The van der Waals surface area contributed by atoms with Crippen LogP contribution in [0.1, 0.15) is 37.7 Å². The highest BCUT2D eigenvalue weighted by Crippen LogP contribution is 2.35. The van der Waals surface area contributed by atoms with Gasteiger partial charge in [0.2, 0.25) is 0 Å². The number of ketones is 1. The van der Waals surface area contributed by atoms with E-state index in [-0.39, 0.29) is 11.7 Å². The first-order chi connectivity index (χ1) is 7.08. The van der Waals surface area contributed by atoms with Crippen molar-refractivity contribution in [2.24, 2.45) is 0 Å². The highest BCUT2D eigenvalue weighted by molar-refractivity contribution is 5.86. The first-order valence-corrected chi connectivity index (χ1v) is 5.38. The van der Waals surface area contributed by atoms with E-state index in [1.807, 2.05) is 37.3 Å². The van der Waals surface area contributed by atoms with Gasteiger partial charge in [0, 0.05) is 12.3 Å². The number of hydrogen-bond acceptors (Lipinski definition) is 2. The predicted molar refractivity (Wildman–Crippen MR) is 58.7 cm³/mol. The normalized spacial score (nSPS) is 31.6. The standard InChI is InChI=1S/C13H16O2/c1-13(15)8-7-12(14)11(9-13)10-5-3-2-4-6-10/h2-6,11,15H,7-9H2,1H3. The molecule has 2 atom stereocenters. The Morgan fingerprint density at radius 2 is 2.00 bits per heavy atom. The van der Waals surface area contributed by atoms with E-state index >= 15 is 0 Å². The molecule has 1 saturated carbocycles. The molecule has 0 aliphatic heterocycles. The Labute approximate surface area is 89.9 Å². The number of benzene rings is 1. The maximum absolute atomic E-state index is 11.8. The van der Waals surface area contributed by atoms with Crippen LogP contribution in [-0.4, -0.2) is 16.5 Å². The van der Waals surface area contributed by atoms with Crippen LogP contribution in [0.2, 0.25) is 0 Å². The molecule has 1 N–H and O–H groups in total. The zero-order valence-electron chi connectivity index (χ0n) is 8.94. The predicted octanol–water partition coefficient (Wildman–Crippen LogP) is 2.27. The molecule has 80 valence electrons. The van der Waals surface area contributed by atoms with E-state index in [0.717, 1.165) is 5.56 Å². The third-order valence-corrected chi connectivity index (χ3v) is 3.14. The monoisotopic (exact) mass is 204 g/mol. The average Bonchev–Trinajstić information content (AvgIpc) is 2.23. The van der Waals surface area contributed by atoms with E-state index in [1.54, 1.807) is 0 Å². The molecule has 0 spiro atoms. The van der Waals surface area contributed by atoms with E-state index in [4.69, 9.17) is 0 Å². The molecule has 2 rings (SSSR count). The van der Waals surface area contributed by atoms with E-state index in [0.29, 0.717) is 19.3 Å². The molecule has 15 heavy (non-hydrogen) atoms. The van der Waals surface area contributed by atoms with Gasteiger partial charge < -0.3 is 5.11 Å². The molecule has 0 aromatic heterocycles. The van der Waals surface area contributed by atoms with Crippen molar-refractivity contribution in [3.8, 4) is 0 Å². The van der Waals surface area contributed by atoms with Gasteiger partial charge in [0.05, 0.1) is 5.60 Å². The highest BCUT2D eigenvalue weighted by Gasteiger charge is 2.35. The molecule has 1 aliphatic carbocycles. The maximum Gasteiger partial charge on any atom is 0.140 e. The smallest absolute Gasteiger partial charge is 0.140 e. The second-order valence-corrected chi connectivity index (χ2v) is 4.63. The van der Waals surface area contributed by atoms with Crippen molar-refractivity contribution in [3.05, 3.63) is 35.9 Å². The summed E-state index contributed by atoms with van der Waals surface area (Å²) >= 11 is 0. The largest absolute Gasteiger partial charge is 0.390 e. The Morgan fingerprint density at radius 1 is 1.33 bits per heavy atom. The van der Waals surface area contributed by atoms with Crippen LogP contribution < -0.4 is 0 Å². The number of carbonyl (C=O) groups excluding carboxylic acids is 1. The minimum atomic E-state index is -0.686. The number of hydrogen-bond donors (Lipinski definition) is 1. The lowest BCUT2D eigenvalue weighted by Crippen LogP contribution is -2.35. The Morgan fingerprint density at radius 3 is 2.67 bits per heavy atom. The van der Waals surface area contributed by atoms with Crippen molar-refractivity contribution in [3.63, 3.8) is 0 Å². The molecule has 0 bridgehead atoms. The number of Topliss-reactive ketones (excluding diaryl/α,β-unsaturated/α-hetero) is 1. The molecule has 1 fully saturated rings. The van der Waals surface area contributed by atoms with Gasteiger partial charge in [0.25, 0.3) is 0 Å². The molecular formula is C13H16O2. The fraction of sp³-hybridized carbons (Fsp3) is 0.462. The summed E-state index contributed by atoms with van der Waals surface area (Å²) in [5, 5.41) is 9.97. The molecule has 2 unspecified atom stereocenters. The van der Waals surface area contributed by atoms with Gasteiger partial charge in [0.15, 0.2) is 0 Å². The molecule has 0 radical (unpaired) electrons. The lowest BCUT2D eigenvalue weighted by molar-refractivity contribution is -0.126. The van der Waals surface area contributed by atoms with E-state index in [2.05, 4.69) is 0 Å². The van der Waals surface area contributed by atoms with Crippen LogP contribution in [0.3, 0.4) is 0 Å². The first kappa shape index (κ1) is 10.4. The molecule has 0 amide bonds. The first-order valence-electron chi connectivity index (χ1n) is 5.38. The van der Waals surface area contributed by atoms with Gasteiger partial charge in [-0.3, -0.25) is 4.79 Å². The van der Waals surface area contributed by atoms with Crippen molar-refractivity contribution in [1.29, 1.82) is 0 Å². The topological polar surface area (TPSA) is 37.3 Å². The molecular weight excluding hydrogens is 188 g/mol. The van der Waals surface area contributed by atoms with Crippen LogP contribution in [0.25, 0.3) is 0 Å². The van der Waals surface area contributed by atoms with Crippen LogP contribution in [0.4, 0.5) is 0 Å². The van der Waals surface area contributed by atoms with Gasteiger partial charge in [-0.2, -0.15) is 0 Å². The lowest BCUT2D eigenvalue weighted by Gasteiger charge is -2.33. The van der Waals surface area contributed by atoms with E-state index < -0.39 is 5.60 Å². The molecule has 1 aromatic rings. The Bertz CT molecular complexity index is 354. The van der Waals surface area contributed by atoms with Gasteiger partial charge >= 0.3 is 0 Å². The van der Waals surface area contributed by atoms with Crippen molar-refractivity contribution in [2.45, 2.75) is 37.7 Å². The summed E-state index contributed by atoms with van der Waals surface area (Å²) in [6.45, 7) is 1.81. The van der Waals surface area contributed by atoms with Gasteiger partial charge in [0.1, 0.15) is 5.78 Å². The van der Waals surface area contributed by atoms with Crippen molar-refractivity contribution >= 4 is 5.78 Å². The third kappa shape index (κ3) is 2.26. The average molecular weight is 204 g/mol. The SMILES string of the molecule is CC1(O)CCC(=O)C(c2ccccc2)C1. The Kier molecular flexibility index (Phi) is 2.61. The van der Waals surface area contributed by atoms with Crippen molar-refractivity contribution in [1.82, 2.24) is 0 Å². The summed E-state index contributed by atoms with van der Waals surface area (Å²) in [6.07, 6.45) is 1.64. The summed E-state index contributed by atoms with van der Waals surface area (Å²) in [6, 6.07) is 9.74. The third-order valence-electron chi connectivity index (χ3n) is 3.14. The van der Waals surface area contributed by atoms with Crippen LogP contribution >= 0.6 is 0 Å². The summed E-state index contributed by atoms with van der Waals surface area (Å²) in [5.41, 5.74) is 0.344. The van der Waals surface area contributed by atoms with Crippen LogP contribution in [-0.2, 0) is 4.79 Å². The minimum absolute atomic E-state index is 0.116. The molecule has 0 heterocycles. The van der Waals surface area contributed by atoms with Crippen LogP contribution in [0.5, 0.6) is 0 Å². The van der Waals surface area contributed by atoms with Gasteiger partial charge in [-0.1, -0.05) is 30.3 Å². The van der Waals surface area contributed by atoms with E-state index in [1.165, 1.54) is 0 Å². The van der Waals surface area contributed by atoms with Gasteiger partial charge in [-0.15, -0.1) is 0 Å². The Hall–Kier alpha value is -1.15. The van der Waals surface area contributed by atoms with Gasteiger partial charge in [-0.05, 0) is 25.3 Å². The maximum atomic E-state index is 11.8. The number of carbonyl (C=O) groups is 1. The second-order valence-electron chi connectivity index (χ2n) is 4.63. The van der Waals surface area contributed by atoms with E-state index in [9.17, 15) is 9.90 Å². The fourth-order valence-corrected chi connectivity index (χ4v) is 2.21. The molecule has 2 heteroatoms. The zero-order valence-corrected chi connectivity index (χ0v) is 8.94. The number of rotatable bonds is 1. The summed E-state index contributed by atoms with van der Waals surface area (Å²) in [5.74, 6) is 0.141. The minimum Gasteiger partial charge on any atom is -0.390 e. The highest BCUT2D eigenvalue weighted by atomic mass is 16.3. The fourth-order valence-electron chi connectivity index (χ4n) is 2.21. The number of aliphatic hydroxyl groups is 1. The van der Waals surface area contributed by atoms with Gasteiger partial charge in [-0.25, -0.2) is 0 Å². The van der Waals surface area contributed by atoms with Crippen molar-refractivity contribution in [2.75, 3.05) is 0 Å².